The second kappa shape index (κ2) is 3.10. The van der Waals surface area contributed by atoms with E-state index in [2.05, 4.69) is 15.1 Å². The van der Waals surface area contributed by atoms with Crippen LogP contribution in [0.15, 0.2) is 18.5 Å². The summed E-state index contributed by atoms with van der Waals surface area (Å²) >= 11 is 0. The summed E-state index contributed by atoms with van der Waals surface area (Å²) in [4.78, 5) is 8.20. The Balaban J connectivity index is 2.60. The molecular formula is C9H11N5. The van der Waals surface area contributed by atoms with E-state index in [9.17, 15) is 0 Å². The zero-order chi connectivity index (χ0) is 10.1. The van der Waals surface area contributed by atoms with E-state index in [1.54, 1.807) is 23.1 Å². The highest BCUT2D eigenvalue weighted by Crippen LogP contribution is 2.15. The van der Waals surface area contributed by atoms with Gasteiger partial charge < -0.3 is 5.73 Å². The van der Waals surface area contributed by atoms with E-state index in [0.29, 0.717) is 5.69 Å². The molecule has 72 valence electrons. The molecule has 0 unspecified atom stereocenters. The average Bonchev–Trinajstić information content (AvgIpc) is 2.46. The Bertz CT molecular complexity index is 460. The summed E-state index contributed by atoms with van der Waals surface area (Å²) in [7, 11) is 0. The first-order valence-electron chi connectivity index (χ1n) is 4.28. The van der Waals surface area contributed by atoms with Crippen molar-refractivity contribution in [2.24, 2.45) is 0 Å². The molecule has 0 aliphatic heterocycles. The number of nitrogens with zero attached hydrogens (tertiary/aromatic N) is 4. The molecule has 5 nitrogen and oxygen atoms in total. The van der Waals surface area contributed by atoms with Gasteiger partial charge in [-0.1, -0.05) is 0 Å². The van der Waals surface area contributed by atoms with Gasteiger partial charge in [0, 0.05) is 6.20 Å². The maximum atomic E-state index is 5.80. The molecule has 0 aliphatic rings. The van der Waals surface area contributed by atoms with Crippen molar-refractivity contribution in [2.45, 2.75) is 13.8 Å². The van der Waals surface area contributed by atoms with Crippen molar-refractivity contribution < 1.29 is 0 Å². The number of anilines is 1. The summed E-state index contributed by atoms with van der Waals surface area (Å²) in [5, 5.41) is 4.23. The minimum atomic E-state index is 0.646. The van der Waals surface area contributed by atoms with E-state index >= 15 is 0 Å². The quantitative estimate of drug-likeness (QED) is 0.722. The van der Waals surface area contributed by atoms with Crippen LogP contribution < -0.4 is 5.73 Å². The van der Waals surface area contributed by atoms with Crippen LogP contribution in [0.25, 0.3) is 5.69 Å². The lowest BCUT2D eigenvalue weighted by Gasteiger charge is -2.04. The molecule has 0 aliphatic carbocycles. The van der Waals surface area contributed by atoms with Crippen LogP contribution >= 0.6 is 0 Å². The fourth-order valence-corrected chi connectivity index (χ4v) is 1.32. The number of hydrogen-bond acceptors (Lipinski definition) is 4. The van der Waals surface area contributed by atoms with Gasteiger partial charge in [-0.15, -0.1) is 0 Å². The predicted octanol–water partition coefficient (Wildman–Crippen LogP) is 0.861. The molecule has 0 radical (unpaired) electrons. The Hall–Kier alpha value is -1.91. The van der Waals surface area contributed by atoms with E-state index in [4.69, 9.17) is 5.73 Å². The molecule has 2 N–H and O–H groups in total. The molecule has 2 aromatic heterocycles. The number of hydrogen-bond donors (Lipinski definition) is 1. The molecule has 0 aromatic carbocycles. The number of aromatic nitrogens is 4. The smallest absolute Gasteiger partial charge is 0.148 e. The van der Waals surface area contributed by atoms with Crippen LogP contribution in [-0.2, 0) is 0 Å². The van der Waals surface area contributed by atoms with Gasteiger partial charge in [0.25, 0.3) is 0 Å². The number of nitrogens with two attached hydrogens (primary N) is 1. The molecule has 0 fully saturated rings. The van der Waals surface area contributed by atoms with Gasteiger partial charge in [-0.05, 0) is 19.9 Å². The minimum absolute atomic E-state index is 0.646. The highest BCUT2D eigenvalue weighted by molar-refractivity contribution is 5.55. The van der Waals surface area contributed by atoms with Crippen molar-refractivity contribution in [3.63, 3.8) is 0 Å². The normalized spacial score (nSPS) is 10.4. The number of aryl methyl sites for hydroxylation is 2. The van der Waals surface area contributed by atoms with Crippen LogP contribution in [0.3, 0.4) is 0 Å². The fraction of sp³-hybridized carbons (Fsp3) is 0.222. The van der Waals surface area contributed by atoms with E-state index in [0.717, 1.165) is 17.3 Å². The second-order valence-corrected chi connectivity index (χ2v) is 3.05. The van der Waals surface area contributed by atoms with Crippen molar-refractivity contribution in [3.8, 4) is 5.69 Å². The lowest BCUT2D eigenvalue weighted by atomic mass is 10.3. The molecule has 0 spiro atoms. The third-order valence-corrected chi connectivity index (χ3v) is 1.94. The minimum Gasteiger partial charge on any atom is -0.397 e. The van der Waals surface area contributed by atoms with Gasteiger partial charge in [0.15, 0.2) is 0 Å². The van der Waals surface area contributed by atoms with Crippen molar-refractivity contribution in [1.82, 2.24) is 19.7 Å². The third kappa shape index (κ3) is 1.32. The maximum Gasteiger partial charge on any atom is 0.148 e. The second-order valence-electron chi connectivity index (χ2n) is 3.05. The van der Waals surface area contributed by atoms with E-state index in [1.807, 2.05) is 13.8 Å². The third-order valence-electron chi connectivity index (χ3n) is 1.94. The molecule has 0 amide bonds. The molecule has 0 saturated heterocycles. The van der Waals surface area contributed by atoms with Gasteiger partial charge in [0.05, 0.1) is 11.9 Å². The van der Waals surface area contributed by atoms with Gasteiger partial charge >= 0.3 is 0 Å². The first-order valence-corrected chi connectivity index (χ1v) is 4.28. The molecular weight excluding hydrogens is 178 g/mol. The number of pyridine rings is 1. The van der Waals surface area contributed by atoms with Crippen LogP contribution in [0, 0.1) is 13.8 Å². The zero-order valence-electron chi connectivity index (χ0n) is 8.10. The van der Waals surface area contributed by atoms with Crippen LogP contribution in [0.2, 0.25) is 0 Å². The molecule has 14 heavy (non-hydrogen) atoms. The van der Waals surface area contributed by atoms with Crippen LogP contribution in [0.5, 0.6) is 0 Å². The topological polar surface area (TPSA) is 69.6 Å². The van der Waals surface area contributed by atoms with Gasteiger partial charge in [-0.25, -0.2) is 9.67 Å². The molecule has 0 bridgehead atoms. The largest absolute Gasteiger partial charge is 0.397 e. The van der Waals surface area contributed by atoms with Crippen molar-refractivity contribution >= 4 is 5.69 Å². The first-order chi connectivity index (χ1) is 6.68. The predicted molar refractivity (Wildman–Crippen MR) is 53.0 cm³/mol. The number of rotatable bonds is 1. The van der Waals surface area contributed by atoms with E-state index < -0.39 is 0 Å². The van der Waals surface area contributed by atoms with Gasteiger partial charge in [-0.2, -0.15) is 5.10 Å². The Kier molecular flexibility index (Phi) is 1.92. The Morgan fingerprint density at radius 2 is 2.14 bits per heavy atom. The molecule has 2 aromatic rings. The molecule has 2 heterocycles. The van der Waals surface area contributed by atoms with Gasteiger partial charge in [0.1, 0.15) is 17.3 Å². The summed E-state index contributed by atoms with van der Waals surface area (Å²) in [6.07, 6.45) is 3.33. The summed E-state index contributed by atoms with van der Waals surface area (Å²) < 4.78 is 1.69. The lowest BCUT2D eigenvalue weighted by molar-refractivity contribution is 0.828. The molecule has 5 heteroatoms. The monoisotopic (exact) mass is 189 g/mol. The fourth-order valence-electron chi connectivity index (χ4n) is 1.32. The van der Waals surface area contributed by atoms with E-state index in [1.165, 1.54) is 0 Å². The van der Waals surface area contributed by atoms with E-state index in [-0.39, 0.29) is 0 Å². The molecule has 0 saturated carbocycles. The standard InChI is InChI=1S/C9H11N5/c1-6-12-7(2)14(13-6)9-5-11-4-3-8(9)10/h3-5H,1-2H3,(H2,10,11). The summed E-state index contributed by atoms with van der Waals surface area (Å²) in [5.74, 6) is 1.54. The molecule has 2 rings (SSSR count). The summed E-state index contributed by atoms with van der Waals surface area (Å²) in [5.41, 5.74) is 7.22. The van der Waals surface area contributed by atoms with Crippen molar-refractivity contribution in [1.29, 1.82) is 0 Å². The average molecular weight is 189 g/mol. The Morgan fingerprint density at radius 3 is 2.71 bits per heavy atom. The van der Waals surface area contributed by atoms with Crippen LogP contribution in [-0.4, -0.2) is 19.7 Å². The highest BCUT2D eigenvalue weighted by atomic mass is 15.4. The Morgan fingerprint density at radius 1 is 1.36 bits per heavy atom. The highest BCUT2D eigenvalue weighted by Gasteiger charge is 2.07. The summed E-state index contributed by atoms with van der Waals surface area (Å²) in [6.45, 7) is 3.72. The lowest BCUT2D eigenvalue weighted by Crippen LogP contribution is -2.03. The van der Waals surface area contributed by atoms with Crippen molar-refractivity contribution in [2.75, 3.05) is 5.73 Å². The first kappa shape index (κ1) is 8.68. The number of nitrogen functional groups attached to an aromatic ring is 1. The maximum absolute atomic E-state index is 5.80. The molecule has 0 atom stereocenters. The SMILES string of the molecule is Cc1nc(C)n(-c2cnccc2N)n1. The van der Waals surface area contributed by atoms with Crippen LogP contribution in [0.4, 0.5) is 5.69 Å². The van der Waals surface area contributed by atoms with Gasteiger partial charge in [0.2, 0.25) is 0 Å². The van der Waals surface area contributed by atoms with Gasteiger partial charge in [-0.3, -0.25) is 4.98 Å². The summed E-state index contributed by atoms with van der Waals surface area (Å²) in [6, 6.07) is 1.74. The van der Waals surface area contributed by atoms with Crippen LogP contribution in [0.1, 0.15) is 11.6 Å². The zero-order valence-corrected chi connectivity index (χ0v) is 8.10. The van der Waals surface area contributed by atoms with Crippen molar-refractivity contribution in [3.05, 3.63) is 30.1 Å². The Labute approximate surface area is 81.6 Å².